The molecule has 0 aromatic heterocycles. The Labute approximate surface area is 72.8 Å². The van der Waals surface area contributed by atoms with Gasteiger partial charge in [-0.15, -0.1) is 0 Å². The molecule has 0 saturated heterocycles. The van der Waals surface area contributed by atoms with Crippen molar-refractivity contribution in [3.8, 4) is 0 Å². The van der Waals surface area contributed by atoms with E-state index in [0.29, 0.717) is 5.92 Å². The molecule has 1 aromatic carbocycles. The summed E-state index contributed by atoms with van der Waals surface area (Å²) in [6.45, 7) is 4.28. The molecule has 1 atom stereocenters. The molecular formula is C10H14N2. The van der Waals surface area contributed by atoms with Gasteiger partial charge in [-0.25, -0.2) is 0 Å². The van der Waals surface area contributed by atoms with Crippen molar-refractivity contribution in [2.24, 2.45) is 0 Å². The topological polar surface area (TPSA) is 38.0 Å². The molecule has 0 spiro atoms. The van der Waals surface area contributed by atoms with Crippen molar-refractivity contribution >= 4 is 5.69 Å². The summed E-state index contributed by atoms with van der Waals surface area (Å²) in [5.74, 6) is 0.620. The van der Waals surface area contributed by atoms with Gasteiger partial charge in [-0.2, -0.15) is 0 Å². The summed E-state index contributed by atoms with van der Waals surface area (Å²) >= 11 is 0. The van der Waals surface area contributed by atoms with E-state index < -0.39 is 0 Å². The third-order valence-corrected chi connectivity index (χ3v) is 2.46. The van der Waals surface area contributed by atoms with Gasteiger partial charge < -0.3 is 11.1 Å². The molecule has 64 valence electrons. The van der Waals surface area contributed by atoms with Gasteiger partial charge in [-0.3, -0.25) is 0 Å². The Morgan fingerprint density at radius 1 is 1.50 bits per heavy atom. The van der Waals surface area contributed by atoms with Crippen LogP contribution in [0.25, 0.3) is 0 Å². The second-order valence-corrected chi connectivity index (χ2v) is 3.49. The molecule has 1 aliphatic heterocycles. The normalized spacial score (nSPS) is 21.9. The van der Waals surface area contributed by atoms with E-state index in [1.54, 1.807) is 0 Å². The largest absolute Gasteiger partial charge is 0.399 e. The standard InChI is InChI=1S/C10H14N2/c1-7-5-12-6-8-4-9(11)2-3-10(7)8/h2-4,7,12H,5-6,11H2,1H3. The predicted molar refractivity (Wildman–Crippen MR) is 51.0 cm³/mol. The Morgan fingerprint density at radius 2 is 2.33 bits per heavy atom. The lowest BCUT2D eigenvalue weighted by Crippen LogP contribution is -2.26. The summed E-state index contributed by atoms with van der Waals surface area (Å²) in [5, 5.41) is 3.36. The molecule has 0 fully saturated rings. The lowest BCUT2D eigenvalue weighted by molar-refractivity contribution is 0.571. The average Bonchev–Trinajstić information content (AvgIpc) is 2.04. The van der Waals surface area contributed by atoms with Gasteiger partial charge in [0, 0.05) is 18.8 Å². The highest BCUT2D eigenvalue weighted by atomic mass is 14.9. The average molecular weight is 162 g/mol. The molecule has 0 bridgehead atoms. The van der Waals surface area contributed by atoms with Crippen molar-refractivity contribution in [3.63, 3.8) is 0 Å². The number of benzene rings is 1. The summed E-state index contributed by atoms with van der Waals surface area (Å²) in [5.41, 5.74) is 9.37. The van der Waals surface area contributed by atoms with Gasteiger partial charge in [-0.1, -0.05) is 13.0 Å². The van der Waals surface area contributed by atoms with Crippen LogP contribution in [-0.2, 0) is 6.54 Å². The molecule has 1 heterocycles. The second kappa shape index (κ2) is 2.79. The third kappa shape index (κ3) is 1.18. The van der Waals surface area contributed by atoms with Crippen LogP contribution in [0.15, 0.2) is 18.2 Å². The highest BCUT2D eigenvalue weighted by Crippen LogP contribution is 2.24. The van der Waals surface area contributed by atoms with E-state index in [-0.39, 0.29) is 0 Å². The van der Waals surface area contributed by atoms with E-state index in [0.717, 1.165) is 18.8 Å². The van der Waals surface area contributed by atoms with Crippen LogP contribution in [0.3, 0.4) is 0 Å². The molecule has 0 saturated carbocycles. The summed E-state index contributed by atoms with van der Waals surface area (Å²) < 4.78 is 0. The van der Waals surface area contributed by atoms with Crippen molar-refractivity contribution in [3.05, 3.63) is 29.3 Å². The van der Waals surface area contributed by atoms with Crippen LogP contribution in [0.1, 0.15) is 24.0 Å². The van der Waals surface area contributed by atoms with Crippen molar-refractivity contribution in [1.29, 1.82) is 0 Å². The van der Waals surface area contributed by atoms with Crippen molar-refractivity contribution < 1.29 is 0 Å². The maximum absolute atomic E-state index is 5.70. The quantitative estimate of drug-likeness (QED) is 0.567. The molecule has 1 unspecified atom stereocenters. The highest BCUT2D eigenvalue weighted by molar-refractivity contribution is 5.46. The first-order chi connectivity index (χ1) is 5.77. The Hall–Kier alpha value is -1.02. The van der Waals surface area contributed by atoms with Crippen molar-refractivity contribution in [2.75, 3.05) is 12.3 Å². The minimum Gasteiger partial charge on any atom is -0.399 e. The first-order valence-electron chi connectivity index (χ1n) is 4.36. The van der Waals surface area contributed by atoms with Crippen LogP contribution in [0.4, 0.5) is 5.69 Å². The number of rotatable bonds is 0. The Bertz CT molecular complexity index is 294. The third-order valence-electron chi connectivity index (χ3n) is 2.46. The molecule has 1 aliphatic rings. The number of fused-ring (bicyclic) bond motifs is 1. The van der Waals surface area contributed by atoms with Crippen LogP contribution in [-0.4, -0.2) is 6.54 Å². The van der Waals surface area contributed by atoms with Crippen molar-refractivity contribution in [2.45, 2.75) is 19.4 Å². The second-order valence-electron chi connectivity index (χ2n) is 3.49. The van der Waals surface area contributed by atoms with Gasteiger partial charge in [0.1, 0.15) is 0 Å². The molecule has 0 radical (unpaired) electrons. The SMILES string of the molecule is CC1CNCc2cc(N)ccc21. The number of nitrogens with one attached hydrogen (secondary N) is 1. The zero-order chi connectivity index (χ0) is 8.55. The molecule has 2 heteroatoms. The number of hydrogen-bond acceptors (Lipinski definition) is 2. The number of nitrogens with two attached hydrogens (primary N) is 1. The smallest absolute Gasteiger partial charge is 0.0317 e. The molecule has 3 N–H and O–H groups in total. The first-order valence-corrected chi connectivity index (χ1v) is 4.36. The fourth-order valence-corrected chi connectivity index (χ4v) is 1.79. The van der Waals surface area contributed by atoms with Gasteiger partial charge in [-0.05, 0) is 29.2 Å². The van der Waals surface area contributed by atoms with Gasteiger partial charge >= 0.3 is 0 Å². The minimum absolute atomic E-state index is 0.620. The van der Waals surface area contributed by atoms with Gasteiger partial charge in [0.15, 0.2) is 0 Å². The molecule has 2 nitrogen and oxygen atoms in total. The molecule has 0 amide bonds. The zero-order valence-electron chi connectivity index (χ0n) is 7.30. The van der Waals surface area contributed by atoms with Crippen LogP contribution >= 0.6 is 0 Å². The monoisotopic (exact) mass is 162 g/mol. The van der Waals surface area contributed by atoms with E-state index in [4.69, 9.17) is 5.73 Å². The van der Waals surface area contributed by atoms with E-state index >= 15 is 0 Å². The van der Waals surface area contributed by atoms with Crippen LogP contribution < -0.4 is 11.1 Å². The summed E-state index contributed by atoms with van der Waals surface area (Å²) in [6, 6.07) is 6.20. The van der Waals surface area contributed by atoms with Gasteiger partial charge in [0.05, 0.1) is 0 Å². The fourth-order valence-electron chi connectivity index (χ4n) is 1.79. The van der Waals surface area contributed by atoms with Crippen molar-refractivity contribution in [1.82, 2.24) is 5.32 Å². The first kappa shape index (κ1) is 7.62. The summed E-state index contributed by atoms with van der Waals surface area (Å²) in [7, 11) is 0. The van der Waals surface area contributed by atoms with E-state index in [1.807, 2.05) is 6.07 Å². The number of hydrogen-bond donors (Lipinski definition) is 2. The Morgan fingerprint density at radius 3 is 3.17 bits per heavy atom. The van der Waals surface area contributed by atoms with Gasteiger partial charge in [0.2, 0.25) is 0 Å². The predicted octanol–water partition coefficient (Wildman–Crippen LogP) is 1.48. The summed E-state index contributed by atoms with van der Waals surface area (Å²) in [6.07, 6.45) is 0. The van der Waals surface area contributed by atoms with E-state index in [1.165, 1.54) is 11.1 Å². The minimum atomic E-state index is 0.620. The fraction of sp³-hybridized carbons (Fsp3) is 0.400. The van der Waals surface area contributed by atoms with E-state index in [2.05, 4.69) is 24.4 Å². The highest BCUT2D eigenvalue weighted by Gasteiger charge is 2.14. The number of anilines is 1. The Kier molecular flexibility index (Phi) is 1.77. The molecule has 1 aromatic rings. The van der Waals surface area contributed by atoms with Crippen LogP contribution in [0.2, 0.25) is 0 Å². The lowest BCUT2D eigenvalue weighted by Gasteiger charge is -2.23. The molecule has 0 aliphatic carbocycles. The number of nitrogen functional groups attached to an aromatic ring is 1. The van der Waals surface area contributed by atoms with Gasteiger partial charge in [0.25, 0.3) is 0 Å². The van der Waals surface area contributed by atoms with E-state index in [9.17, 15) is 0 Å². The Balaban J connectivity index is 2.46. The molecule has 12 heavy (non-hydrogen) atoms. The molecule has 2 rings (SSSR count). The van der Waals surface area contributed by atoms with Crippen LogP contribution in [0, 0.1) is 0 Å². The maximum atomic E-state index is 5.70. The van der Waals surface area contributed by atoms with Crippen LogP contribution in [0.5, 0.6) is 0 Å². The maximum Gasteiger partial charge on any atom is 0.0317 e. The summed E-state index contributed by atoms with van der Waals surface area (Å²) in [4.78, 5) is 0. The zero-order valence-corrected chi connectivity index (χ0v) is 7.30. The lowest BCUT2D eigenvalue weighted by atomic mass is 9.92. The molecular weight excluding hydrogens is 148 g/mol.